The van der Waals surface area contributed by atoms with Crippen LogP contribution in [0.25, 0.3) is 34.4 Å². The van der Waals surface area contributed by atoms with Gasteiger partial charge in [-0.05, 0) is 16.7 Å². The van der Waals surface area contributed by atoms with E-state index in [0.717, 1.165) is 11.1 Å². The molecule has 0 saturated heterocycles. The molecule has 0 aliphatic rings. The van der Waals surface area contributed by atoms with Gasteiger partial charge in [0, 0.05) is 24.1 Å². The summed E-state index contributed by atoms with van der Waals surface area (Å²) in [6, 6.07) is 18.5. The van der Waals surface area contributed by atoms with Gasteiger partial charge in [0.05, 0.1) is 6.20 Å². The predicted octanol–water partition coefficient (Wildman–Crippen LogP) is 0.410. The summed E-state index contributed by atoms with van der Waals surface area (Å²) in [5.41, 5.74) is 3.87. The Balaban J connectivity index is 0.00000231. The Bertz CT molecular complexity index is 1270. The minimum atomic E-state index is 0. The quantitative estimate of drug-likeness (QED) is 0.280. The Morgan fingerprint density at radius 3 is 2.42 bits per heavy atom. The second kappa shape index (κ2) is 9.85. The van der Waals surface area contributed by atoms with Gasteiger partial charge in [0.25, 0.3) is 5.89 Å². The van der Waals surface area contributed by atoms with Crippen molar-refractivity contribution in [2.75, 3.05) is 0 Å². The molecule has 3 aromatic heterocycles. The van der Waals surface area contributed by atoms with E-state index >= 15 is 0 Å². The molecule has 0 saturated carbocycles. The van der Waals surface area contributed by atoms with Crippen LogP contribution in [0.3, 0.4) is 0 Å². The number of rotatable bonds is 5. The summed E-state index contributed by atoms with van der Waals surface area (Å²) in [6.45, 7) is 0.485. The van der Waals surface area contributed by atoms with Crippen LogP contribution in [0.2, 0.25) is 0 Å². The molecular formula is C21H14KN7OS. The predicted molar refractivity (Wildman–Crippen MR) is 111 cm³/mol. The van der Waals surface area contributed by atoms with E-state index in [4.69, 9.17) is 17.2 Å². The Morgan fingerprint density at radius 2 is 1.68 bits per heavy atom. The molecule has 5 rings (SSSR count). The summed E-state index contributed by atoms with van der Waals surface area (Å²) in [4.78, 5) is 12.6. The van der Waals surface area contributed by atoms with E-state index in [1.165, 1.54) is 5.56 Å². The first-order chi connectivity index (χ1) is 14.8. The van der Waals surface area contributed by atoms with E-state index in [1.807, 2.05) is 18.2 Å². The van der Waals surface area contributed by atoms with E-state index in [2.05, 4.69) is 66.7 Å². The molecule has 3 heterocycles. The van der Waals surface area contributed by atoms with Crippen molar-refractivity contribution in [2.45, 2.75) is 11.7 Å². The van der Waals surface area contributed by atoms with E-state index in [1.54, 1.807) is 23.2 Å². The fourth-order valence-corrected chi connectivity index (χ4v) is 3.23. The van der Waals surface area contributed by atoms with Gasteiger partial charge in [-0.15, -0.1) is 5.10 Å². The first kappa shape index (κ1) is 21.9. The second-order valence-electron chi connectivity index (χ2n) is 6.47. The third-order valence-electron chi connectivity index (χ3n) is 4.53. The van der Waals surface area contributed by atoms with Crippen molar-refractivity contribution in [2.24, 2.45) is 0 Å². The van der Waals surface area contributed by atoms with Crippen LogP contribution in [0.15, 0.2) is 82.9 Å². The van der Waals surface area contributed by atoms with Crippen molar-refractivity contribution in [3.63, 3.8) is 0 Å². The molecule has 5 aromatic rings. The fourth-order valence-electron chi connectivity index (χ4n) is 3.04. The van der Waals surface area contributed by atoms with Crippen molar-refractivity contribution in [3.8, 4) is 34.4 Å². The minimum absolute atomic E-state index is 0. The van der Waals surface area contributed by atoms with Crippen molar-refractivity contribution in [1.29, 1.82) is 0 Å². The molecule has 0 fully saturated rings. The Hall–Kier alpha value is -2.34. The molecule has 0 amide bonds. The topological polar surface area (TPSA) is 95.4 Å². The molecule has 0 aliphatic heterocycles. The smallest absolute Gasteiger partial charge is 0.740 e. The summed E-state index contributed by atoms with van der Waals surface area (Å²) in [5, 5.41) is 12.4. The number of aromatic nitrogens is 7. The van der Waals surface area contributed by atoms with Crippen LogP contribution in [-0.4, -0.2) is 34.9 Å². The second-order valence-corrected chi connectivity index (χ2v) is 6.83. The van der Waals surface area contributed by atoms with Gasteiger partial charge in [-0.3, -0.25) is 4.98 Å². The summed E-state index contributed by atoms with van der Waals surface area (Å²) < 4.78 is 7.14. The third-order valence-corrected chi connectivity index (χ3v) is 4.83. The van der Waals surface area contributed by atoms with E-state index in [9.17, 15) is 0 Å². The summed E-state index contributed by atoms with van der Waals surface area (Å²) >= 11 is 5.35. The number of hydrogen-bond acceptors (Lipinski definition) is 8. The van der Waals surface area contributed by atoms with Crippen molar-refractivity contribution in [1.82, 2.24) is 34.9 Å². The maximum absolute atomic E-state index is 5.38. The number of nitrogens with zero attached hydrogens (tertiary/aromatic N) is 7. The summed E-state index contributed by atoms with van der Waals surface area (Å²) in [7, 11) is 0. The largest absolute Gasteiger partial charge is 1.00 e. The first-order valence-electron chi connectivity index (χ1n) is 9.13. The van der Waals surface area contributed by atoms with Gasteiger partial charge in [-0.25, -0.2) is 4.98 Å². The molecule has 0 radical (unpaired) electrons. The van der Waals surface area contributed by atoms with Gasteiger partial charge in [0.2, 0.25) is 11.6 Å². The Morgan fingerprint density at radius 1 is 0.903 bits per heavy atom. The van der Waals surface area contributed by atoms with E-state index in [-0.39, 0.29) is 57.3 Å². The SMILES string of the molecule is [K+].[S-]c1nnc(-c2nc(-c3cnccn3)no2)n1Cc1ccc(-c2ccccc2)cc1. The molecule has 0 spiro atoms. The molecule has 0 bridgehead atoms. The van der Waals surface area contributed by atoms with Crippen molar-refractivity contribution in [3.05, 3.63) is 78.8 Å². The molecule has 8 nitrogen and oxygen atoms in total. The summed E-state index contributed by atoms with van der Waals surface area (Å²) in [6.07, 6.45) is 4.70. The molecule has 0 aliphatic carbocycles. The van der Waals surface area contributed by atoms with Gasteiger partial charge in [0.1, 0.15) is 5.69 Å². The average Bonchev–Trinajstić information content (AvgIpc) is 3.43. The van der Waals surface area contributed by atoms with Gasteiger partial charge >= 0.3 is 51.4 Å². The molecule has 10 heteroatoms. The maximum Gasteiger partial charge on any atom is 1.00 e. The van der Waals surface area contributed by atoms with Crippen LogP contribution >= 0.6 is 0 Å². The Kier molecular flexibility index (Phi) is 6.95. The zero-order valence-electron chi connectivity index (χ0n) is 16.6. The van der Waals surface area contributed by atoms with Gasteiger partial charge < -0.3 is 21.7 Å². The van der Waals surface area contributed by atoms with Gasteiger partial charge in [-0.2, -0.15) is 10.1 Å². The number of benzene rings is 2. The minimum Gasteiger partial charge on any atom is -0.740 e. The standard InChI is InChI=1S/C21H15N7OS.K/c30-21-26-25-19(20-24-18(27-29-20)17-12-22-10-11-23-17)28(21)13-14-6-8-16(9-7-14)15-4-2-1-3-5-15;/h1-12H,13H2,(H,26,30);/q;+1/p-1. The monoisotopic (exact) mass is 451 g/mol. The van der Waals surface area contributed by atoms with Gasteiger partial charge in [0.15, 0.2) is 0 Å². The zero-order chi connectivity index (χ0) is 20.3. The first-order valence-corrected chi connectivity index (χ1v) is 9.54. The van der Waals surface area contributed by atoms with Crippen LogP contribution in [0.1, 0.15) is 5.56 Å². The molecular weight excluding hydrogens is 437 g/mol. The molecule has 31 heavy (non-hydrogen) atoms. The molecule has 146 valence electrons. The Labute approximate surface area is 226 Å². The van der Waals surface area contributed by atoms with E-state index in [0.29, 0.717) is 29.0 Å². The molecule has 0 N–H and O–H groups in total. The van der Waals surface area contributed by atoms with Crippen LogP contribution in [0, 0.1) is 0 Å². The van der Waals surface area contributed by atoms with Crippen LogP contribution in [0.4, 0.5) is 0 Å². The summed E-state index contributed by atoms with van der Waals surface area (Å²) in [5.74, 6) is 0.959. The normalized spacial score (nSPS) is 10.6. The zero-order valence-corrected chi connectivity index (χ0v) is 20.5. The van der Waals surface area contributed by atoms with Crippen molar-refractivity contribution < 1.29 is 55.9 Å². The molecule has 2 aromatic carbocycles. The van der Waals surface area contributed by atoms with Crippen LogP contribution in [0.5, 0.6) is 0 Å². The van der Waals surface area contributed by atoms with Crippen LogP contribution < -0.4 is 51.4 Å². The average molecular weight is 452 g/mol. The maximum atomic E-state index is 5.38. The van der Waals surface area contributed by atoms with Crippen LogP contribution in [-0.2, 0) is 19.2 Å². The molecule has 0 atom stereocenters. The third kappa shape index (κ3) is 4.79. The number of hydrogen-bond donors (Lipinski definition) is 0. The molecule has 0 unspecified atom stereocenters. The van der Waals surface area contributed by atoms with Crippen molar-refractivity contribution >= 4 is 12.6 Å². The van der Waals surface area contributed by atoms with E-state index < -0.39 is 0 Å². The fraction of sp³-hybridized carbons (Fsp3) is 0.0476. The van der Waals surface area contributed by atoms with Gasteiger partial charge in [-0.1, -0.05) is 59.8 Å².